The minimum Gasteiger partial charge on any atom is -0.508 e. The summed E-state index contributed by atoms with van der Waals surface area (Å²) < 4.78 is 13.1. The van der Waals surface area contributed by atoms with Crippen LogP contribution in [0.3, 0.4) is 0 Å². The number of nitrogens with one attached hydrogen (secondary N) is 1. The molecule has 3 aromatic rings. The van der Waals surface area contributed by atoms with E-state index in [4.69, 9.17) is 11.6 Å². The smallest absolute Gasteiger partial charge is 0.187 e. The van der Waals surface area contributed by atoms with Crippen LogP contribution < -0.4 is 5.32 Å². The van der Waals surface area contributed by atoms with Crippen LogP contribution in [-0.4, -0.2) is 15.2 Å². The molecular formula is C15H10ClFN2O2S. The molecule has 3 N–H and O–H groups in total. The fourth-order valence-corrected chi connectivity index (χ4v) is 2.80. The lowest BCUT2D eigenvalue weighted by atomic mass is 10.1. The third-order valence-electron chi connectivity index (χ3n) is 2.93. The molecule has 0 unspecified atom stereocenters. The lowest BCUT2D eigenvalue weighted by molar-refractivity contribution is 0.452. The fourth-order valence-electron chi connectivity index (χ4n) is 1.89. The largest absolute Gasteiger partial charge is 0.508 e. The van der Waals surface area contributed by atoms with Gasteiger partial charge in [0.25, 0.3) is 0 Å². The molecule has 4 nitrogen and oxygen atoms in total. The van der Waals surface area contributed by atoms with E-state index < -0.39 is 5.82 Å². The molecule has 0 radical (unpaired) electrons. The van der Waals surface area contributed by atoms with E-state index in [9.17, 15) is 14.6 Å². The maximum Gasteiger partial charge on any atom is 0.187 e. The molecule has 0 amide bonds. The number of rotatable bonds is 3. The van der Waals surface area contributed by atoms with Gasteiger partial charge in [-0.05, 0) is 30.3 Å². The van der Waals surface area contributed by atoms with Crippen molar-refractivity contribution in [3.05, 3.63) is 52.6 Å². The molecule has 0 saturated carbocycles. The van der Waals surface area contributed by atoms with Crippen molar-refractivity contribution in [1.29, 1.82) is 0 Å². The summed E-state index contributed by atoms with van der Waals surface area (Å²) in [6.45, 7) is 0. The summed E-state index contributed by atoms with van der Waals surface area (Å²) in [5.41, 5.74) is 1.69. The standard InChI is InChI=1S/C15H10ClFN2O2S/c16-11-5-8(1-4-12(11)17)18-15-19-13(7-22-15)10-3-2-9(20)6-14(10)21/h1-7,20-21H,(H,18,19). The number of benzene rings is 2. The third kappa shape index (κ3) is 2.98. The lowest BCUT2D eigenvalue weighted by Gasteiger charge is -2.04. The number of phenols is 2. The Balaban J connectivity index is 1.85. The predicted molar refractivity (Wildman–Crippen MR) is 85.6 cm³/mol. The van der Waals surface area contributed by atoms with Gasteiger partial charge in [-0.15, -0.1) is 11.3 Å². The van der Waals surface area contributed by atoms with Gasteiger partial charge < -0.3 is 15.5 Å². The van der Waals surface area contributed by atoms with Gasteiger partial charge in [-0.25, -0.2) is 9.37 Å². The summed E-state index contributed by atoms with van der Waals surface area (Å²) in [6.07, 6.45) is 0. The van der Waals surface area contributed by atoms with Gasteiger partial charge in [0.15, 0.2) is 5.13 Å². The number of hydrogen-bond donors (Lipinski definition) is 3. The van der Waals surface area contributed by atoms with Gasteiger partial charge in [0.2, 0.25) is 0 Å². The van der Waals surface area contributed by atoms with E-state index in [0.29, 0.717) is 22.1 Å². The summed E-state index contributed by atoms with van der Waals surface area (Å²) in [7, 11) is 0. The first-order chi connectivity index (χ1) is 10.5. The van der Waals surface area contributed by atoms with Crippen molar-refractivity contribution in [2.75, 3.05) is 5.32 Å². The van der Waals surface area contributed by atoms with Crippen LogP contribution in [-0.2, 0) is 0 Å². The minimum atomic E-state index is -0.485. The van der Waals surface area contributed by atoms with Gasteiger partial charge >= 0.3 is 0 Å². The van der Waals surface area contributed by atoms with Crippen molar-refractivity contribution in [1.82, 2.24) is 4.98 Å². The molecular weight excluding hydrogens is 327 g/mol. The Morgan fingerprint density at radius 1 is 1.14 bits per heavy atom. The van der Waals surface area contributed by atoms with E-state index in [1.165, 1.54) is 35.6 Å². The Hall–Kier alpha value is -2.31. The molecule has 0 aliphatic rings. The second-order valence-corrected chi connectivity index (χ2v) is 5.76. The van der Waals surface area contributed by atoms with Gasteiger partial charge in [0.05, 0.1) is 10.7 Å². The highest BCUT2D eigenvalue weighted by molar-refractivity contribution is 7.14. The van der Waals surface area contributed by atoms with E-state index in [2.05, 4.69) is 10.3 Å². The van der Waals surface area contributed by atoms with E-state index in [1.54, 1.807) is 17.5 Å². The summed E-state index contributed by atoms with van der Waals surface area (Å²) in [6, 6.07) is 8.60. The molecule has 0 spiro atoms. The van der Waals surface area contributed by atoms with Crippen LogP contribution in [0.2, 0.25) is 5.02 Å². The summed E-state index contributed by atoms with van der Waals surface area (Å²) in [4.78, 5) is 4.35. The number of hydrogen-bond acceptors (Lipinski definition) is 5. The van der Waals surface area contributed by atoms with Crippen LogP contribution in [0, 0.1) is 5.82 Å². The molecule has 22 heavy (non-hydrogen) atoms. The molecule has 0 bridgehead atoms. The van der Waals surface area contributed by atoms with Gasteiger partial charge in [-0.2, -0.15) is 0 Å². The second kappa shape index (κ2) is 5.82. The van der Waals surface area contributed by atoms with Crippen molar-refractivity contribution < 1.29 is 14.6 Å². The molecule has 112 valence electrons. The van der Waals surface area contributed by atoms with Crippen LogP contribution in [0.25, 0.3) is 11.3 Å². The van der Waals surface area contributed by atoms with Crippen LogP contribution in [0.1, 0.15) is 0 Å². The predicted octanol–water partition coefficient (Wildman–Crippen LogP) is 4.76. The normalized spacial score (nSPS) is 10.6. The number of aromatic nitrogens is 1. The quantitative estimate of drug-likeness (QED) is 0.645. The number of aromatic hydroxyl groups is 2. The first kappa shape index (κ1) is 14.6. The average molecular weight is 337 g/mol. The molecule has 0 fully saturated rings. The second-order valence-electron chi connectivity index (χ2n) is 4.49. The average Bonchev–Trinajstić information content (AvgIpc) is 2.91. The van der Waals surface area contributed by atoms with Gasteiger partial charge in [-0.3, -0.25) is 0 Å². The number of phenolic OH excluding ortho intramolecular Hbond substituents is 2. The van der Waals surface area contributed by atoms with E-state index in [-0.39, 0.29) is 16.5 Å². The van der Waals surface area contributed by atoms with Crippen molar-refractivity contribution >= 4 is 33.8 Å². The Morgan fingerprint density at radius 2 is 1.95 bits per heavy atom. The Labute approximate surface area is 134 Å². The maximum absolute atomic E-state index is 13.1. The Morgan fingerprint density at radius 3 is 2.68 bits per heavy atom. The molecule has 2 aromatic carbocycles. The number of nitrogens with zero attached hydrogens (tertiary/aromatic N) is 1. The van der Waals surface area contributed by atoms with Gasteiger partial charge in [-0.1, -0.05) is 11.6 Å². The highest BCUT2D eigenvalue weighted by Crippen LogP contribution is 2.34. The fraction of sp³-hybridized carbons (Fsp3) is 0. The van der Waals surface area contributed by atoms with Gasteiger partial charge in [0.1, 0.15) is 17.3 Å². The minimum absolute atomic E-state index is 0.0178. The Kier molecular flexibility index (Phi) is 3.87. The summed E-state index contributed by atoms with van der Waals surface area (Å²) in [5, 5.41) is 24.5. The molecule has 7 heteroatoms. The molecule has 1 heterocycles. The highest BCUT2D eigenvalue weighted by atomic mass is 35.5. The first-order valence-electron chi connectivity index (χ1n) is 6.23. The molecule has 0 aliphatic carbocycles. The summed E-state index contributed by atoms with van der Waals surface area (Å²) >= 11 is 7.06. The molecule has 0 aliphatic heterocycles. The monoisotopic (exact) mass is 336 g/mol. The van der Waals surface area contributed by atoms with E-state index >= 15 is 0 Å². The topological polar surface area (TPSA) is 65.4 Å². The molecule has 0 atom stereocenters. The number of anilines is 2. The Bertz CT molecular complexity index is 838. The molecule has 1 aromatic heterocycles. The van der Waals surface area contributed by atoms with E-state index in [1.807, 2.05) is 0 Å². The highest BCUT2D eigenvalue weighted by Gasteiger charge is 2.10. The lowest BCUT2D eigenvalue weighted by Crippen LogP contribution is -1.90. The summed E-state index contributed by atoms with van der Waals surface area (Å²) in [5.74, 6) is -0.557. The van der Waals surface area contributed by atoms with Crippen molar-refractivity contribution in [2.24, 2.45) is 0 Å². The SMILES string of the molecule is Oc1ccc(-c2csc(Nc3ccc(F)c(Cl)c3)n2)c(O)c1. The van der Waals surface area contributed by atoms with Crippen molar-refractivity contribution in [3.63, 3.8) is 0 Å². The molecule has 0 saturated heterocycles. The number of thiazole rings is 1. The molecule has 3 rings (SSSR count). The van der Waals surface area contributed by atoms with Crippen LogP contribution >= 0.6 is 22.9 Å². The zero-order valence-electron chi connectivity index (χ0n) is 11.0. The van der Waals surface area contributed by atoms with Crippen molar-refractivity contribution in [3.8, 4) is 22.8 Å². The number of halogens is 2. The maximum atomic E-state index is 13.1. The zero-order chi connectivity index (χ0) is 15.7. The first-order valence-corrected chi connectivity index (χ1v) is 7.48. The van der Waals surface area contributed by atoms with Crippen molar-refractivity contribution in [2.45, 2.75) is 0 Å². The van der Waals surface area contributed by atoms with E-state index in [0.717, 1.165) is 0 Å². The zero-order valence-corrected chi connectivity index (χ0v) is 12.6. The van der Waals surface area contributed by atoms with Crippen LogP contribution in [0.4, 0.5) is 15.2 Å². The third-order valence-corrected chi connectivity index (χ3v) is 3.98. The van der Waals surface area contributed by atoms with Crippen LogP contribution in [0.15, 0.2) is 41.8 Å². The van der Waals surface area contributed by atoms with Crippen LogP contribution in [0.5, 0.6) is 11.5 Å². The van der Waals surface area contributed by atoms with Gasteiger partial charge in [0, 0.05) is 22.7 Å².